The van der Waals surface area contributed by atoms with E-state index in [-0.39, 0.29) is 0 Å². The fraction of sp³-hybridized carbons (Fsp3) is 1.00. The molecule has 2 nitrogen and oxygen atoms in total. The van der Waals surface area contributed by atoms with Crippen molar-refractivity contribution in [3.63, 3.8) is 0 Å². The van der Waals surface area contributed by atoms with E-state index in [1.54, 1.807) is 0 Å². The molecule has 0 amide bonds. The monoisotopic (exact) mass is 241 g/mol. The van der Waals surface area contributed by atoms with Crippen LogP contribution in [0.15, 0.2) is 0 Å². The quantitative estimate of drug-likeness (QED) is 0.685. The Hall–Kier alpha value is -0.0800. The van der Waals surface area contributed by atoms with Crippen molar-refractivity contribution in [2.45, 2.75) is 84.4 Å². The molecule has 0 aliphatic carbocycles. The van der Waals surface area contributed by atoms with Crippen LogP contribution in [0.3, 0.4) is 0 Å². The molecule has 1 aliphatic heterocycles. The Morgan fingerprint density at radius 3 is 2.65 bits per heavy atom. The number of unbranched alkanes of at least 4 members (excludes halogenated alkanes) is 2. The lowest BCUT2D eigenvalue weighted by atomic mass is 9.94. The molecule has 3 unspecified atom stereocenters. The summed E-state index contributed by atoms with van der Waals surface area (Å²) in [6.07, 6.45) is 8.20. The zero-order chi connectivity index (χ0) is 12.7. The number of rotatable bonds is 7. The molecular formula is C15H31NO. The first-order valence-corrected chi connectivity index (χ1v) is 7.51. The second-order valence-electron chi connectivity index (χ2n) is 5.94. The van der Waals surface area contributed by atoms with Crippen molar-refractivity contribution < 1.29 is 4.74 Å². The normalized spacial score (nSPS) is 27.4. The zero-order valence-electron chi connectivity index (χ0n) is 12.2. The molecule has 2 heteroatoms. The van der Waals surface area contributed by atoms with E-state index in [4.69, 9.17) is 4.74 Å². The molecule has 0 aromatic heterocycles. The first kappa shape index (κ1) is 15.0. The van der Waals surface area contributed by atoms with Crippen molar-refractivity contribution in [2.24, 2.45) is 5.92 Å². The molecule has 17 heavy (non-hydrogen) atoms. The van der Waals surface area contributed by atoms with Gasteiger partial charge in [-0.15, -0.1) is 0 Å². The van der Waals surface area contributed by atoms with Gasteiger partial charge in [-0.25, -0.2) is 0 Å². The molecule has 0 bridgehead atoms. The molecule has 0 aromatic rings. The summed E-state index contributed by atoms with van der Waals surface area (Å²) in [5.74, 6) is 0.648. The lowest BCUT2D eigenvalue weighted by Crippen LogP contribution is -2.44. The van der Waals surface area contributed by atoms with E-state index in [9.17, 15) is 0 Å². The van der Waals surface area contributed by atoms with Gasteiger partial charge in [0.2, 0.25) is 0 Å². The van der Waals surface area contributed by atoms with Gasteiger partial charge in [-0.1, -0.05) is 40.0 Å². The van der Waals surface area contributed by atoms with Crippen LogP contribution in [-0.4, -0.2) is 24.8 Å². The van der Waals surface area contributed by atoms with Gasteiger partial charge in [-0.2, -0.15) is 0 Å². The van der Waals surface area contributed by atoms with Crippen LogP contribution in [0.4, 0.5) is 0 Å². The van der Waals surface area contributed by atoms with Crippen LogP contribution in [-0.2, 0) is 4.74 Å². The van der Waals surface area contributed by atoms with E-state index in [0.717, 1.165) is 6.61 Å². The fourth-order valence-electron chi connectivity index (χ4n) is 2.63. The largest absolute Gasteiger partial charge is 0.378 e. The summed E-state index contributed by atoms with van der Waals surface area (Å²) < 4.78 is 5.81. The molecule has 0 spiro atoms. The van der Waals surface area contributed by atoms with Crippen molar-refractivity contribution in [1.29, 1.82) is 0 Å². The third-order valence-electron chi connectivity index (χ3n) is 3.82. The van der Waals surface area contributed by atoms with E-state index in [1.807, 2.05) is 0 Å². The highest BCUT2D eigenvalue weighted by molar-refractivity contribution is 4.80. The Morgan fingerprint density at radius 2 is 2.00 bits per heavy atom. The Labute approximate surface area is 108 Å². The fourth-order valence-corrected chi connectivity index (χ4v) is 2.63. The van der Waals surface area contributed by atoms with Gasteiger partial charge in [-0.3, -0.25) is 0 Å². The zero-order valence-corrected chi connectivity index (χ0v) is 12.2. The second-order valence-corrected chi connectivity index (χ2v) is 5.94. The van der Waals surface area contributed by atoms with Crippen molar-refractivity contribution in [3.05, 3.63) is 0 Å². The van der Waals surface area contributed by atoms with Crippen molar-refractivity contribution in [2.75, 3.05) is 6.61 Å². The summed E-state index contributed by atoms with van der Waals surface area (Å²) in [4.78, 5) is 0. The predicted octanol–water partition coefficient (Wildman–Crippen LogP) is 3.75. The molecule has 1 N–H and O–H groups in total. The maximum absolute atomic E-state index is 5.81. The average molecular weight is 241 g/mol. The van der Waals surface area contributed by atoms with Crippen molar-refractivity contribution >= 4 is 0 Å². The van der Waals surface area contributed by atoms with E-state index in [1.165, 1.54) is 38.5 Å². The Kier molecular flexibility index (Phi) is 7.14. The maximum Gasteiger partial charge on any atom is 0.0612 e. The Morgan fingerprint density at radius 1 is 1.24 bits per heavy atom. The molecule has 0 radical (unpaired) electrons. The Balaban J connectivity index is 2.21. The number of ether oxygens (including phenoxy) is 1. The van der Waals surface area contributed by atoms with Gasteiger partial charge in [-0.05, 0) is 32.1 Å². The van der Waals surface area contributed by atoms with E-state index in [2.05, 4.69) is 33.0 Å². The molecule has 1 heterocycles. The summed E-state index contributed by atoms with van der Waals surface area (Å²) in [5, 5.41) is 3.78. The highest BCUT2D eigenvalue weighted by atomic mass is 16.5. The molecule has 0 saturated carbocycles. The highest BCUT2D eigenvalue weighted by Crippen LogP contribution is 2.20. The van der Waals surface area contributed by atoms with E-state index >= 15 is 0 Å². The minimum atomic E-state index is 0.462. The first-order valence-electron chi connectivity index (χ1n) is 7.51. The molecule has 1 rings (SSSR count). The minimum absolute atomic E-state index is 0.462. The van der Waals surface area contributed by atoms with E-state index < -0.39 is 0 Å². The van der Waals surface area contributed by atoms with E-state index in [0.29, 0.717) is 24.1 Å². The van der Waals surface area contributed by atoms with Crippen LogP contribution in [0.5, 0.6) is 0 Å². The summed E-state index contributed by atoms with van der Waals surface area (Å²) in [6, 6.07) is 1.34. The van der Waals surface area contributed by atoms with Crippen molar-refractivity contribution in [1.82, 2.24) is 5.32 Å². The lowest BCUT2D eigenvalue weighted by molar-refractivity contribution is -0.0257. The van der Waals surface area contributed by atoms with Gasteiger partial charge >= 0.3 is 0 Å². The van der Waals surface area contributed by atoms with Gasteiger partial charge in [0.15, 0.2) is 0 Å². The first-order chi connectivity index (χ1) is 8.13. The molecule has 102 valence electrons. The van der Waals surface area contributed by atoms with Crippen LogP contribution in [0.2, 0.25) is 0 Å². The van der Waals surface area contributed by atoms with Gasteiger partial charge in [0.05, 0.1) is 6.10 Å². The maximum atomic E-state index is 5.81. The molecule has 1 saturated heterocycles. The average Bonchev–Trinajstić information content (AvgIpc) is 2.29. The van der Waals surface area contributed by atoms with Gasteiger partial charge < -0.3 is 10.1 Å². The molecule has 1 aliphatic rings. The molecule has 0 aromatic carbocycles. The SMILES string of the molecule is CCCCCC(C)NC1CCOC(C(C)C)C1. The molecular weight excluding hydrogens is 210 g/mol. The minimum Gasteiger partial charge on any atom is -0.378 e. The summed E-state index contributed by atoms with van der Waals surface area (Å²) in [7, 11) is 0. The smallest absolute Gasteiger partial charge is 0.0612 e. The van der Waals surface area contributed by atoms with Gasteiger partial charge in [0.1, 0.15) is 0 Å². The lowest BCUT2D eigenvalue weighted by Gasteiger charge is -2.34. The van der Waals surface area contributed by atoms with Gasteiger partial charge in [0.25, 0.3) is 0 Å². The number of hydrogen-bond donors (Lipinski definition) is 1. The van der Waals surface area contributed by atoms with Crippen LogP contribution in [0.1, 0.15) is 66.2 Å². The second kappa shape index (κ2) is 8.10. The molecule has 1 fully saturated rings. The summed E-state index contributed by atoms with van der Waals surface area (Å²) in [5.41, 5.74) is 0. The van der Waals surface area contributed by atoms with Gasteiger partial charge in [0, 0.05) is 18.7 Å². The van der Waals surface area contributed by atoms with Crippen LogP contribution >= 0.6 is 0 Å². The third kappa shape index (κ3) is 5.87. The topological polar surface area (TPSA) is 21.3 Å². The predicted molar refractivity (Wildman–Crippen MR) is 74.3 cm³/mol. The standard InChI is InChI=1S/C15H31NO/c1-5-6-7-8-13(4)16-14-9-10-17-15(11-14)12(2)3/h12-16H,5-11H2,1-4H3. The van der Waals surface area contributed by atoms with Crippen LogP contribution < -0.4 is 5.32 Å². The summed E-state index contributed by atoms with van der Waals surface area (Å²) in [6.45, 7) is 10.1. The highest BCUT2D eigenvalue weighted by Gasteiger charge is 2.25. The molecule has 3 atom stereocenters. The van der Waals surface area contributed by atoms with Crippen LogP contribution in [0.25, 0.3) is 0 Å². The number of nitrogens with one attached hydrogen (secondary N) is 1. The Bertz CT molecular complexity index is 193. The number of hydrogen-bond acceptors (Lipinski definition) is 2. The third-order valence-corrected chi connectivity index (χ3v) is 3.82. The van der Waals surface area contributed by atoms with Crippen LogP contribution in [0, 0.1) is 5.92 Å². The van der Waals surface area contributed by atoms with Crippen molar-refractivity contribution in [3.8, 4) is 0 Å². The summed E-state index contributed by atoms with van der Waals surface area (Å²) >= 11 is 0.